The molecule has 2 atom stereocenters. The summed E-state index contributed by atoms with van der Waals surface area (Å²) in [6.07, 6.45) is 3.95. The third kappa shape index (κ3) is 2.47. The van der Waals surface area contributed by atoms with Crippen molar-refractivity contribution in [1.82, 2.24) is 4.90 Å². The molecule has 90 valence electrons. The predicted molar refractivity (Wildman–Crippen MR) is 64.9 cm³/mol. The molecule has 0 amide bonds. The van der Waals surface area contributed by atoms with Crippen LogP contribution in [0.3, 0.4) is 0 Å². The number of likely N-dealkylation sites (tertiary alicyclic amines) is 1. The summed E-state index contributed by atoms with van der Waals surface area (Å²) < 4.78 is 5.67. The Morgan fingerprint density at radius 2 is 1.88 bits per heavy atom. The zero-order valence-corrected chi connectivity index (χ0v) is 10.3. The third-order valence-electron chi connectivity index (χ3n) is 3.63. The molecule has 0 spiro atoms. The number of rotatable bonds is 3. The lowest BCUT2D eigenvalue weighted by atomic mass is 9.97. The third-order valence-corrected chi connectivity index (χ3v) is 3.63. The number of furan rings is 1. The van der Waals surface area contributed by atoms with E-state index in [2.05, 4.69) is 24.8 Å². The molecule has 0 aliphatic carbocycles. The van der Waals surface area contributed by atoms with Gasteiger partial charge in [-0.05, 0) is 38.8 Å². The lowest BCUT2D eigenvalue weighted by Gasteiger charge is -2.38. The monoisotopic (exact) mass is 222 g/mol. The molecule has 3 heteroatoms. The number of nitrogens with two attached hydrogens (primary N) is 1. The first-order chi connectivity index (χ1) is 7.70. The van der Waals surface area contributed by atoms with Crippen molar-refractivity contribution in [1.29, 1.82) is 0 Å². The smallest absolute Gasteiger partial charge is 0.118 e. The minimum Gasteiger partial charge on any atom is -0.463 e. The second-order valence-electron chi connectivity index (χ2n) is 4.87. The highest BCUT2D eigenvalue weighted by atomic mass is 16.3. The van der Waals surface area contributed by atoms with Crippen LogP contribution in [0.15, 0.2) is 16.5 Å². The van der Waals surface area contributed by atoms with Crippen molar-refractivity contribution in [3.8, 4) is 0 Å². The zero-order valence-electron chi connectivity index (χ0n) is 10.3. The van der Waals surface area contributed by atoms with Crippen LogP contribution in [0.25, 0.3) is 0 Å². The fraction of sp³-hybridized carbons (Fsp3) is 0.692. The highest BCUT2D eigenvalue weighted by Crippen LogP contribution is 2.24. The first-order valence-electron chi connectivity index (χ1n) is 6.24. The molecule has 1 aromatic rings. The number of hydrogen-bond acceptors (Lipinski definition) is 3. The van der Waals surface area contributed by atoms with E-state index in [-0.39, 0.29) is 0 Å². The summed E-state index contributed by atoms with van der Waals surface area (Å²) in [5.74, 6) is 1.92. The highest BCUT2D eigenvalue weighted by molar-refractivity contribution is 5.07. The SMILES string of the molecule is C[C@@H]1CCC[C@H](C)N1Cc1ccc(CN)o1. The molecule has 16 heavy (non-hydrogen) atoms. The second-order valence-corrected chi connectivity index (χ2v) is 4.87. The molecule has 3 nitrogen and oxygen atoms in total. The van der Waals surface area contributed by atoms with E-state index in [1.165, 1.54) is 19.3 Å². The quantitative estimate of drug-likeness (QED) is 0.854. The number of piperidine rings is 1. The van der Waals surface area contributed by atoms with Crippen LogP contribution in [0, 0.1) is 0 Å². The van der Waals surface area contributed by atoms with Gasteiger partial charge in [0.05, 0.1) is 13.1 Å². The standard InChI is InChI=1S/C13H22N2O/c1-10-4-3-5-11(2)15(10)9-13-7-6-12(8-14)16-13/h6-7,10-11H,3-5,8-9,14H2,1-2H3/t10-,11+. The van der Waals surface area contributed by atoms with Crippen LogP contribution >= 0.6 is 0 Å². The minimum atomic E-state index is 0.491. The van der Waals surface area contributed by atoms with E-state index >= 15 is 0 Å². The van der Waals surface area contributed by atoms with Crippen molar-refractivity contribution < 1.29 is 4.42 Å². The van der Waals surface area contributed by atoms with E-state index in [1.807, 2.05) is 6.07 Å². The molecule has 1 aromatic heterocycles. The van der Waals surface area contributed by atoms with Crippen molar-refractivity contribution in [3.63, 3.8) is 0 Å². The summed E-state index contributed by atoms with van der Waals surface area (Å²) in [7, 11) is 0. The van der Waals surface area contributed by atoms with Gasteiger partial charge in [0, 0.05) is 12.1 Å². The van der Waals surface area contributed by atoms with Gasteiger partial charge in [-0.1, -0.05) is 6.42 Å². The Morgan fingerprint density at radius 3 is 2.44 bits per heavy atom. The van der Waals surface area contributed by atoms with Crippen LogP contribution in [-0.2, 0) is 13.1 Å². The van der Waals surface area contributed by atoms with Gasteiger partial charge in [-0.25, -0.2) is 0 Å². The van der Waals surface area contributed by atoms with Crippen LogP contribution in [0.5, 0.6) is 0 Å². The normalized spacial score (nSPS) is 27.2. The Labute approximate surface area is 97.6 Å². The topological polar surface area (TPSA) is 42.4 Å². The van der Waals surface area contributed by atoms with E-state index < -0.39 is 0 Å². The van der Waals surface area contributed by atoms with Crippen molar-refractivity contribution in [2.45, 2.75) is 58.3 Å². The van der Waals surface area contributed by atoms with E-state index in [9.17, 15) is 0 Å². The van der Waals surface area contributed by atoms with Crippen LogP contribution in [0.2, 0.25) is 0 Å². The van der Waals surface area contributed by atoms with Gasteiger partial charge in [-0.15, -0.1) is 0 Å². The fourth-order valence-electron chi connectivity index (χ4n) is 2.58. The summed E-state index contributed by atoms with van der Waals surface area (Å²) in [5.41, 5.74) is 5.54. The Hall–Kier alpha value is -0.800. The summed E-state index contributed by atoms with van der Waals surface area (Å²) in [4.78, 5) is 2.53. The van der Waals surface area contributed by atoms with E-state index in [0.717, 1.165) is 18.1 Å². The average Bonchev–Trinajstić information content (AvgIpc) is 2.71. The molecule has 1 saturated heterocycles. The summed E-state index contributed by atoms with van der Waals surface area (Å²) >= 11 is 0. The molecule has 0 saturated carbocycles. The summed E-state index contributed by atoms with van der Waals surface area (Å²) in [6.45, 7) is 6.03. The zero-order chi connectivity index (χ0) is 11.5. The predicted octanol–water partition coefficient (Wildman–Crippen LogP) is 2.50. The van der Waals surface area contributed by atoms with Gasteiger partial charge in [-0.2, -0.15) is 0 Å². The van der Waals surface area contributed by atoms with E-state index in [4.69, 9.17) is 10.2 Å². The van der Waals surface area contributed by atoms with Crippen LogP contribution < -0.4 is 5.73 Å². The van der Waals surface area contributed by atoms with Gasteiger partial charge in [0.1, 0.15) is 11.5 Å². The molecule has 2 rings (SSSR count). The lowest BCUT2D eigenvalue weighted by molar-refractivity contribution is 0.0867. The highest BCUT2D eigenvalue weighted by Gasteiger charge is 2.25. The number of hydrogen-bond donors (Lipinski definition) is 1. The van der Waals surface area contributed by atoms with E-state index in [0.29, 0.717) is 18.6 Å². The Kier molecular flexibility index (Phi) is 3.66. The van der Waals surface area contributed by atoms with Crippen LogP contribution in [0.4, 0.5) is 0 Å². The molecule has 0 bridgehead atoms. The molecule has 0 aromatic carbocycles. The molecule has 1 aliphatic heterocycles. The number of nitrogens with zero attached hydrogens (tertiary/aromatic N) is 1. The van der Waals surface area contributed by atoms with E-state index in [1.54, 1.807) is 0 Å². The summed E-state index contributed by atoms with van der Waals surface area (Å²) in [5, 5.41) is 0. The molecular weight excluding hydrogens is 200 g/mol. The molecular formula is C13H22N2O. The molecule has 2 N–H and O–H groups in total. The maximum Gasteiger partial charge on any atom is 0.118 e. The largest absolute Gasteiger partial charge is 0.463 e. The van der Waals surface area contributed by atoms with Gasteiger partial charge >= 0.3 is 0 Å². The maximum atomic E-state index is 5.67. The van der Waals surface area contributed by atoms with Crippen molar-refractivity contribution >= 4 is 0 Å². The second kappa shape index (κ2) is 5.02. The summed E-state index contributed by atoms with van der Waals surface area (Å²) in [6, 6.07) is 5.36. The van der Waals surface area contributed by atoms with Gasteiger partial charge in [0.2, 0.25) is 0 Å². The van der Waals surface area contributed by atoms with Crippen molar-refractivity contribution in [2.24, 2.45) is 5.73 Å². The average molecular weight is 222 g/mol. The maximum absolute atomic E-state index is 5.67. The first kappa shape index (κ1) is 11.7. The lowest BCUT2D eigenvalue weighted by Crippen LogP contribution is -2.42. The minimum absolute atomic E-state index is 0.491. The Morgan fingerprint density at radius 1 is 1.25 bits per heavy atom. The molecule has 2 heterocycles. The van der Waals surface area contributed by atoms with Crippen LogP contribution in [-0.4, -0.2) is 17.0 Å². The molecule has 1 fully saturated rings. The van der Waals surface area contributed by atoms with Gasteiger partial charge in [0.15, 0.2) is 0 Å². The molecule has 0 unspecified atom stereocenters. The Bertz CT molecular complexity index is 324. The van der Waals surface area contributed by atoms with Crippen molar-refractivity contribution in [2.75, 3.05) is 0 Å². The van der Waals surface area contributed by atoms with Gasteiger partial charge in [-0.3, -0.25) is 4.90 Å². The fourth-order valence-corrected chi connectivity index (χ4v) is 2.58. The van der Waals surface area contributed by atoms with Gasteiger partial charge in [0.25, 0.3) is 0 Å². The van der Waals surface area contributed by atoms with Crippen molar-refractivity contribution in [3.05, 3.63) is 23.7 Å². The Balaban J connectivity index is 2.01. The molecule has 1 aliphatic rings. The van der Waals surface area contributed by atoms with Gasteiger partial charge < -0.3 is 10.2 Å². The first-order valence-corrected chi connectivity index (χ1v) is 6.24. The van der Waals surface area contributed by atoms with Crippen LogP contribution in [0.1, 0.15) is 44.6 Å². The molecule has 0 radical (unpaired) electrons.